The summed E-state index contributed by atoms with van der Waals surface area (Å²) in [6.07, 6.45) is 11.5. The van der Waals surface area contributed by atoms with Gasteiger partial charge in [-0.05, 0) is 91.9 Å². The Morgan fingerprint density at radius 3 is 2.87 bits per heavy atom. The summed E-state index contributed by atoms with van der Waals surface area (Å²) in [5.41, 5.74) is 1.88. The number of hydrogen-bond acceptors (Lipinski definition) is 2. The van der Waals surface area contributed by atoms with E-state index in [1.807, 2.05) is 6.08 Å². The molecule has 0 aliphatic heterocycles. The van der Waals surface area contributed by atoms with E-state index in [1.54, 1.807) is 5.57 Å². The quantitative estimate of drug-likeness (QED) is 0.715. The molecule has 2 heteroatoms. The molecule has 8 atom stereocenters. The molecular formula is C21H27NO. The van der Waals surface area contributed by atoms with Gasteiger partial charge in [-0.3, -0.25) is 4.79 Å². The second-order valence-electron chi connectivity index (χ2n) is 8.99. The van der Waals surface area contributed by atoms with E-state index in [0.29, 0.717) is 23.0 Å². The topological polar surface area (TPSA) is 40.9 Å². The van der Waals surface area contributed by atoms with Gasteiger partial charge < -0.3 is 0 Å². The molecule has 0 aromatic rings. The van der Waals surface area contributed by atoms with Gasteiger partial charge in [0, 0.05) is 6.42 Å². The normalized spacial score (nSPS) is 53.3. The predicted molar refractivity (Wildman–Crippen MR) is 88.2 cm³/mol. The van der Waals surface area contributed by atoms with Crippen LogP contribution in [0.4, 0.5) is 0 Å². The highest BCUT2D eigenvalue weighted by atomic mass is 16.1. The lowest BCUT2D eigenvalue weighted by Crippen LogP contribution is -2.48. The zero-order valence-corrected chi connectivity index (χ0v) is 14.1. The van der Waals surface area contributed by atoms with Crippen molar-refractivity contribution in [3.63, 3.8) is 0 Å². The first-order valence-corrected chi connectivity index (χ1v) is 9.83. The molecule has 4 saturated carbocycles. The first-order chi connectivity index (χ1) is 11.2. The molecule has 5 aliphatic carbocycles. The summed E-state index contributed by atoms with van der Waals surface area (Å²) in [6, 6.07) is 2.68. The van der Waals surface area contributed by atoms with Crippen LogP contribution in [0.2, 0.25) is 0 Å². The number of carbonyl (C=O) groups excluding carboxylic acids is 1. The van der Waals surface area contributed by atoms with Gasteiger partial charge in [0.15, 0.2) is 5.78 Å². The summed E-state index contributed by atoms with van der Waals surface area (Å²) in [5, 5.41) is 9.69. The van der Waals surface area contributed by atoms with E-state index in [0.717, 1.165) is 48.9 Å². The molecule has 4 fully saturated rings. The largest absolute Gasteiger partial charge is 0.295 e. The maximum absolute atomic E-state index is 11.9. The number of hydrogen-bond donors (Lipinski definition) is 0. The second-order valence-corrected chi connectivity index (χ2v) is 8.99. The van der Waals surface area contributed by atoms with Crippen molar-refractivity contribution in [1.29, 1.82) is 5.26 Å². The first kappa shape index (κ1) is 14.3. The number of nitriles is 1. The van der Waals surface area contributed by atoms with Crippen LogP contribution in [0, 0.1) is 58.2 Å². The Kier molecular flexibility index (Phi) is 2.92. The van der Waals surface area contributed by atoms with Gasteiger partial charge in [-0.1, -0.05) is 12.5 Å². The van der Waals surface area contributed by atoms with Crippen LogP contribution in [-0.2, 0) is 4.79 Å². The molecule has 0 heterocycles. The lowest BCUT2D eigenvalue weighted by Gasteiger charge is -2.54. The van der Waals surface area contributed by atoms with Crippen LogP contribution >= 0.6 is 0 Å². The second kappa shape index (κ2) is 4.71. The zero-order valence-electron chi connectivity index (χ0n) is 14.1. The van der Waals surface area contributed by atoms with Crippen LogP contribution in [0.15, 0.2) is 11.6 Å². The van der Waals surface area contributed by atoms with Gasteiger partial charge in [0.2, 0.25) is 0 Å². The Morgan fingerprint density at radius 1 is 1.22 bits per heavy atom. The fourth-order valence-electron chi connectivity index (χ4n) is 7.70. The van der Waals surface area contributed by atoms with Crippen molar-refractivity contribution >= 4 is 5.78 Å². The number of ketones is 1. The third-order valence-corrected chi connectivity index (χ3v) is 8.65. The Bertz CT molecular complexity index is 628. The highest BCUT2D eigenvalue weighted by molar-refractivity contribution is 5.91. The summed E-state index contributed by atoms with van der Waals surface area (Å²) in [5.74, 6) is 5.46. The third kappa shape index (κ3) is 1.72. The van der Waals surface area contributed by atoms with E-state index in [4.69, 9.17) is 0 Å². The molecule has 0 N–H and O–H groups in total. The predicted octanol–water partition coefficient (Wildman–Crippen LogP) is 4.51. The Balaban J connectivity index is 1.53. The molecule has 0 saturated heterocycles. The van der Waals surface area contributed by atoms with Crippen LogP contribution < -0.4 is 0 Å². The van der Waals surface area contributed by atoms with Crippen molar-refractivity contribution in [2.24, 2.45) is 46.8 Å². The van der Waals surface area contributed by atoms with Crippen LogP contribution in [-0.4, -0.2) is 5.78 Å². The standard InChI is InChI=1S/C21H27NO/c1-2-21-8-7-15-14-5-4-13(23)9-16(14)17-10-18(17)20(15)19(21)6-3-12(21)11-22/h9,12,14-15,17-20H,2-8,10H2,1H3. The van der Waals surface area contributed by atoms with E-state index in [2.05, 4.69) is 13.0 Å². The number of rotatable bonds is 1. The molecule has 122 valence electrons. The van der Waals surface area contributed by atoms with Crippen molar-refractivity contribution in [2.75, 3.05) is 0 Å². The van der Waals surface area contributed by atoms with Gasteiger partial charge >= 0.3 is 0 Å². The fraction of sp³-hybridized carbons (Fsp3) is 0.810. The molecule has 0 aromatic heterocycles. The SMILES string of the molecule is CCC12CCC3C4CCC(=O)C=C4C4CC4C3C1CCC2C#N. The monoisotopic (exact) mass is 309 g/mol. The molecule has 0 aromatic carbocycles. The van der Waals surface area contributed by atoms with Crippen LogP contribution in [0.3, 0.4) is 0 Å². The van der Waals surface area contributed by atoms with Crippen molar-refractivity contribution in [2.45, 2.75) is 58.3 Å². The van der Waals surface area contributed by atoms with E-state index >= 15 is 0 Å². The Hall–Kier alpha value is -1.10. The molecule has 5 aliphatic rings. The average molecular weight is 309 g/mol. The summed E-state index contributed by atoms with van der Waals surface area (Å²) in [4.78, 5) is 11.9. The summed E-state index contributed by atoms with van der Waals surface area (Å²) in [6.45, 7) is 2.33. The van der Waals surface area contributed by atoms with E-state index < -0.39 is 0 Å². The van der Waals surface area contributed by atoms with E-state index in [9.17, 15) is 10.1 Å². The van der Waals surface area contributed by atoms with Gasteiger partial charge in [0.25, 0.3) is 0 Å². The number of allylic oxidation sites excluding steroid dienone is 1. The molecule has 0 bridgehead atoms. The van der Waals surface area contributed by atoms with E-state index in [-0.39, 0.29) is 0 Å². The Labute approximate surface area is 139 Å². The Morgan fingerprint density at radius 2 is 2.09 bits per heavy atom. The molecule has 0 radical (unpaired) electrons. The number of carbonyl (C=O) groups is 1. The molecule has 0 amide bonds. The van der Waals surface area contributed by atoms with Gasteiger partial charge in [0.1, 0.15) is 0 Å². The van der Waals surface area contributed by atoms with Crippen molar-refractivity contribution in [1.82, 2.24) is 0 Å². The van der Waals surface area contributed by atoms with Gasteiger partial charge in [-0.15, -0.1) is 0 Å². The smallest absolute Gasteiger partial charge is 0.155 e. The molecule has 23 heavy (non-hydrogen) atoms. The van der Waals surface area contributed by atoms with Crippen LogP contribution in [0.1, 0.15) is 58.3 Å². The molecule has 5 rings (SSSR count). The highest BCUT2D eigenvalue weighted by Gasteiger charge is 2.65. The van der Waals surface area contributed by atoms with Gasteiger partial charge in [-0.25, -0.2) is 0 Å². The number of nitrogens with zero attached hydrogens (tertiary/aromatic N) is 1. The van der Waals surface area contributed by atoms with Gasteiger partial charge in [0.05, 0.1) is 12.0 Å². The maximum Gasteiger partial charge on any atom is 0.155 e. The fourth-order valence-corrected chi connectivity index (χ4v) is 7.70. The average Bonchev–Trinajstić information content (AvgIpc) is 3.28. The number of fused-ring (bicyclic) bond motifs is 8. The minimum Gasteiger partial charge on any atom is -0.295 e. The lowest BCUT2D eigenvalue weighted by molar-refractivity contribution is -0.116. The minimum absolute atomic E-state index is 0.306. The zero-order chi connectivity index (χ0) is 15.8. The first-order valence-electron chi connectivity index (χ1n) is 9.83. The summed E-state index contributed by atoms with van der Waals surface area (Å²) < 4.78 is 0. The third-order valence-electron chi connectivity index (χ3n) is 8.65. The van der Waals surface area contributed by atoms with Crippen LogP contribution in [0.25, 0.3) is 0 Å². The van der Waals surface area contributed by atoms with Crippen LogP contribution in [0.5, 0.6) is 0 Å². The summed E-state index contributed by atoms with van der Waals surface area (Å²) >= 11 is 0. The van der Waals surface area contributed by atoms with Crippen molar-refractivity contribution in [3.8, 4) is 6.07 Å². The summed E-state index contributed by atoms with van der Waals surface area (Å²) in [7, 11) is 0. The lowest BCUT2D eigenvalue weighted by atomic mass is 9.50. The van der Waals surface area contributed by atoms with Crippen molar-refractivity contribution < 1.29 is 4.79 Å². The molecule has 2 nitrogen and oxygen atoms in total. The van der Waals surface area contributed by atoms with Crippen molar-refractivity contribution in [3.05, 3.63) is 11.6 Å². The highest BCUT2D eigenvalue weighted by Crippen LogP contribution is 2.71. The van der Waals surface area contributed by atoms with E-state index in [1.165, 1.54) is 32.1 Å². The molecular weight excluding hydrogens is 282 g/mol. The molecule has 0 spiro atoms. The minimum atomic E-state index is 0.306. The maximum atomic E-state index is 11.9. The molecule has 8 unspecified atom stereocenters. The van der Waals surface area contributed by atoms with Gasteiger partial charge in [-0.2, -0.15) is 5.26 Å².